The van der Waals surface area contributed by atoms with E-state index in [1.807, 2.05) is 6.07 Å². The molecule has 1 saturated carbocycles. The summed E-state index contributed by atoms with van der Waals surface area (Å²) < 4.78 is 0. The van der Waals surface area contributed by atoms with Crippen LogP contribution in [0.15, 0.2) is 60.7 Å². The molecule has 2 aromatic rings. The van der Waals surface area contributed by atoms with Crippen LogP contribution in [0.1, 0.15) is 17.0 Å². The molecular formula is C20H13ClO4. The van der Waals surface area contributed by atoms with Crippen LogP contribution >= 0.6 is 11.6 Å². The van der Waals surface area contributed by atoms with E-state index in [9.17, 15) is 19.2 Å². The second-order valence-corrected chi connectivity index (χ2v) is 6.13. The first-order chi connectivity index (χ1) is 12.0. The first-order valence-corrected chi connectivity index (χ1v) is 8.01. The van der Waals surface area contributed by atoms with E-state index >= 15 is 0 Å². The molecule has 0 aliphatic heterocycles. The molecule has 1 aliphatic carbocycles. The minimum Gasteiger partial charge on any atom is -0.290 e. The third kappa shape index (κ3) is 3.35. The molecule has 3 rings (SSSR count). The van der Waals surface area contributed by atoms with Gasteiger partial charge in [0.15, 0.2) is 0 Å². The fourth-order valence-electron chi connectivity index (χ4n) is 2.76. The van der Waals surface area contributed by atoms with Gasteiger partial charge in [-0.2, -0.15) is 0 Å². The fourth-order valence-corrected chi connectivity index (χ4v) is 2.96. The first-order valence-electron chi connectivity index (χ1n) is 7.64. The van der Waals surface area contributed by atoms with E-state index in [1.54, 1.807) is 42.5 Å². The van der Waals surface area contributed by atoms with E-state index in [-0.39, 0.29) is 5.56 Å². The summed E-state index contributed by atoms with van der Waals surface area (Å²) >= 11 is 5.87. The highest BCUT2D eigenvalue weighted by molar-refractivity contribution is 6.62. The van der Waals surface area contributed by atoms with Gasteiger partial charge in [-0.1, -0.05) is 66.2 Å². The summed E-state index contributed by atoms with van der Waals surface area (Å²) in [5, 5.41) is 0.323. The Bertz CT molecular complexity index is 871. The van der Waals surface area contributed by atoms with Gasteiger partial charge in [-0.25, -0.2) is 0 Å². The maximum atomic E-state index is 12.4. The summed E-state index contributed by atoms with van der Waals surface area (Å²) in [5.41, 5.74) is 1.02. The molecule has 0 N–H and O–H groups in total. The van der Waals surface area contributed by atoms with E-state index in [0.717, 1.165) is 5.56 Å². The molecule has 0 saturated heterocycles. The van der Waals surface area contributed by atoms with E-state index in [0.29, 0.717) is 5.02 Å². The van der Waals surface area contributed by atoms with Gasteiger partial charge in [0.25, 0.3) is 0 Å². The van der Waals surface area contributed by atoms with Crippen molar-refractivity contribution in [2.75, 3.05) is 0 Å². The highest BCUT2D eigenvalue weighted by Gasteiger charge is 2.48. The zero-order chi connectivity index (χ0) is 18.0. The van der Waals surface area contributed by atoms with Crippen LogP contribution in [0.3, 0.4) is 0 Å². The van der Waals surface area contributed by atoms with E-state index < -0.39 is 35.0 Å². The predicted molar refractivity (Wildman–Crippen MR) is 93.2 cm³/mol. The molecule has 0 atom stereocenters. The molecule has 124 valence electrons. The molecule has 5 heteroatoms. The van der Waals surface area contributed by atoms with Gasteiger partial charge in [-0.05, 0) is 23.3 Å². The standard InChI is InChI=1S/C20H13ClO4/c21-14-8-4-7-13(11-14)16-19(24)17(22)15(18(23)20(16)25)10-9-12-5-2-1-3-6-12/h1-11,15-16H. The second kappa shape index (κ2) is 6.95. The molecule has 25 heavy (non-hydrogen) atoms. The zero-order valence-electron chi connectivity index (χ0n) is 13.0. The van der Waals surface area contributed by atoms with Crippen molar-refractivity contribution in [1.82, 2.24) is 0 Å². The maximum absolute atomic E-state index is 12.4. The van der Waals surface area contributed by atoms with Crippen molar-refractivity contribution in [3.05, 3.63) is 76.8 Å². The summed E-state index contributed by atoms with van der Waals surface area (Å²) in [5.74, 6) is -6.27. The van der Waals surface area contributed by atoms with Crippen LogP contribution in [0.25, 0.3) is 6.08 Å². The molecule has 0 aromatic heterocycles. The average molecular weight is 353 g/mol. The van der Waals surface area contributed by atoms with Crippen LogP contribution in [0, 0.1) is 5.92 Å². The number of carbonyl (C=O) groups is 4. The van der Waals surface area contributed by atoms with Crippen molar-refractivity contribution in [3.8, 4) is 0 Å². The molecule has 0 bridgehead atoms. The molecule has 2 aromatic carbocycles. The Hall–Kier alpha value is -2.85. The summed E-state index contributed by atoms with van der Waals surface area (Å²) in [7, 11) is 0. The van der Waals surface area contributed by atoms with Crippen molar-refractivity contribution in [2.45, 2.75) is 5.92 Å². The molecule has 0 unspecified atom stereocenters. The molecule has 0 heterocycles. The molecule has 0 radical (unpaired) electrons. The highest BCUT2D eigenvalue weighted by atomic mass is 35.5. The number of Topliss-reactive ketones (excluding diaryl/α,β-unsaturated/α-hetero) is 4. The Kier molecular flexibility index (Phi) is 4.72. The lowest BCUT2D eigenvalue weighted by Gasteiger charge is -2.22. The predicted octanol–water partition coefficient (Wildman–Crippen LogP) is 3.04. The van der Waals surface area contributed by atoms with Crippen LogP contribution in [0.2, 0.25) is 5.02 Å². The van der Waals surface area contributed by atoms with Gasteiger partial charge in [0.1, 0.15) is 11.8 Å². The van der Waals surface area contributed by atoms with Gasteiger partial charge < -0.3 is 0 Å². The Balaban J connectivity index is 1.91. The van der Waals surface area contributed by atoms with Gasteiger partial charge in [0.2, 0.25) is 23.1 Å². The summed E-state index contributed by atoms with van der Waals surface area (Å²) in [6.07, 6.45) is 2.87. The topological polar surface area (TPSA) is 68.3 Å². The van der Waals surface area contributed by atoms with Gasteiger partial charge in [-0.15, -0.1) is 0 Å². The first kappa shape index (κ1) is 17.0. The van der Waals surface area contributed by atoms with E-state index in [2.05, 4.69) is 0 Å². The monoisotopic (exact) mass is 352 g/mol. The van der Waals surface area contributed by atoms with Gasteiger partial charge in [0.05, 0.1) is 0 Å². The number of hydrogen-bond donors (Lipinski definition) is 0. The molecule has 4 nitrogen and oxygen atoms in total. The summed E-state index contributed by atoms with van der Waals surface area (Å²) in [6.45, 7) is 0. The second-order valence-electron chi connectivity index (χ2n) is 5.69. The van der Waals surface area contributed by atoms with Crippen molar-refractivity contribution < 1.29 is 19.2 Å². The number of allylic oxidation sites excluding steroid dienone is 1. The number of benzene rings is 2. The van der Waals surface area contributed by atoms with Gasteiger partial charge >= 0.3 is 0 Å². The Labute approximate surface area is 149 Å². The third-order valence-corrected chi connectivity index (χ3v) is 4.27. The van der Waals surface area contributed by atoms with Crippen LogP contribution in [0.5, 0.6) is 0 Å². The van der Waals surface area contributed by atoms with E-state index in [1.165, 1.54) is 18.2 Å². The average Bonchev–Trinajstić information content (AvgIpc) is 2.61. The van der Waals surface area contributed by atoms with Crippen LogP contribution in [0.4, 0.5) is 0 Å². The SMILES string of the molecule is O=C1C(=O)C(c2cccc(Cl)c2)C(=O)C(=O)C1C=Cc1ccccc1. The minimum atomic E-state index is -1.40. The van der Waals surface area contributed by atoms with Gasteiger partial charge in [-0.3, -0.25) is 19.2 Å². The van der Waals surface area contributed by atoms with Crippen molar-refractivity contribution in [3.63, 3.8) is 0 Å². The van der Waals surface area contributed by atoms with Crippen molar-refractivity contribution >= 4 is 40.8 Å². The fraction of sp³-hybridized carbons (Fsp3) is 0.100. The van der Waals surface area contributed by atoms with Crippen molar-refractivity contribution in [1.29, 1.82) is 0 Å². The van der Waals surface area contributed by atoms with Crippen LogP contribution in [-0.2, 0) is 19.2 Å². The number of carbonyl (C=O) groups excluding carboxylic acids is 4. The van der Waals surface area contributed by atoms with Crippen molar-refractivity contribution in [2.24, 2.45) is 5.92 Å². The third-order valence-electron chi connectivity index (χ3n) is 4.04. The van der Waals surface area contributed by atoms with E-state index in [4.69, 9.17) is 11.6 Å². The zero-order valence-corrected chi connectivity index (χ0v) is 13.8. The largest absolute Gasteiger partial charge is 0.290 e. The molecule has 1 aliphatic rings. The lowest BCUT2D eigenvalue weighted by molar-refractivity contribution is -0.151. The molecular weight excluding hydrogens is 340 g/mol. The van der Waals surface area contributed by atoms with Crippen LogP contribution in [-0.4, -0.2) is 23.1 Å². The highest BCUT2D eigenvalue weighted by Crippen LogP contribution is 2.29. The molecule has 0 amide bonds. The number of rotatable bonds is 3. The maximum Gasteiger partial charge on any atom is 0.214 e. The summed E-state index contributed by atoms with van der Waals surface area (Å²) in [4.78, 5) is 49.6. The number of hydrogen-bond acceptors (Lipinski definition) is 4. The number of ketones is 4. The van der Waals surface area contributed by atoms with Crippen LogP contribution < -0.4 is 0 Å². The normalized spacial score (nSPS) is 21.2. The Morgan fingerprint density at radius 1 is 0.760 bits per heavy atom. The molecule has 1 fully saturated rings. The quantitative estimate of drug-likeness (QED) is 0.629. The lowest BCUT2D eigenvalue weighted by Crippen LogP contribution is -2.46. The summed E-state index contributed by atoms with van der Waals surface area (Å²) in [6, 6.07) is 15.1. The number of halogens is 1. The Morgan fingerprint density at radius 2 is 1.40 bits per heavy atom. The lowest BCUT2D eigenvalue weighted by atomic mass is 9.75. The minimum absolute atomic E-state index is 0.259. The molecule has 0 spiro atoms. The smallest absolute Gasteiger partial charge is 0.214 e. The Morgan fingerprint density at radius 3 is 2.00 bits per heavy atom. The van der Waals surface area contributed by atoms with Gasteiger partial charge in [0, 0.05) is 5.02 Å².